The number of aliphatic hydroxyl groups excluding tert-OH is 1. The predicted molar refractivity (Wildman–Crippen MR) is 121 cm³/mol. The molecule has 4 aromatic heterocycles. The van der Waals surface area contributed by atoms with Crippen molar-refractivity contribution in [1.82, 2.24) is 34.6 Å². The number of anilines is 3. The van der Waals surface area contributed by atoms with Crippen LogP contribution in [-0.4, -0.2) is 58.8 Å². The lowest BCUT2D eigenvalue weighted by atomic mass is 9.87. The van der Waals surface area contributed by atoms with Crippen LogP contribution in [0, 0.1) is 0 Å². The number of hydrogen-bond donors (Lipinski definition) is 3. The highest BCUT2D eigenvalue weighted by Crippen LogP contribution is 2.50. The summed E-state index contributed by atoms with van der Waals surface area (Å²) in [6.45, 7) is 2.28. The zero-order valence-corrected chi connectivity index (χ0v) is 19.2. The molecule has 4 aromatic rings. The first-order valence-corrected chi connectivity index (χ1v) is 10.9. The normalized spacial score (nSPS) is 18.8. The van der Waals surface area contributed by atoms with Gasteiger partial charge in [-0.05, 0) is 19.4 Å². The number of nitrogens with two attached hydrogens (primary N) is 1. The van der Waals surface area contributed by atoms with Crippen LogP contribution in [0.1, 0.15) is 25.2 Å². The van der Waals surface area contributed by atoms with Gasteiger partial charge < -0.3 is 21.1 Å². The van der Waals surface area contributed by atoms with E-state index in [2.05, 4.69) is 30.6 Å². The number of halogens is 4. The van der Waals surface area contributed by atoms with Crippen molar-refractivity contribution in [3.05, 3.63) is 47.3 Å². The molecule has 15 heteroatoms. The minimum Gasteiger partial charge on any atom is -0.394 e. The van der Waals surface area contributed by atoms with Crippen molar-refractivity contribution in [2.24, 2.45) is 0 Å². The summed E-state index contributed by atoms with van der Waals surface area (Å²) in [5.41, 5.74) is 4.70. The van der Waals surface area contributed by atoms with E-state index in [1.165, 1.54) is 35.7 Å². The largest absolute Gasteiger partial charge is 0.401 e. The van der Waals surface area contributed by atoms with Crippen molar-refractivity contribution < 1.29 is 18.3 Å². The van der Waals surface area contributed by atoms with Gasteiger partial charge in [0, 0.05) is 6.54 Å². The highest BCUT2D eigenvalue weighted by atomic mass is 35.5. The fourth-order valence-electron chi connectivity index (χ4n) is 4.18. The molecular weight excluding hydrogens is 489 g/mol. The fourth-order valence-corrected chi connectivity index (χ4v) is 4.42. The van der Waals surface area contributed by atoms with E-state index >= 15 is 0 Å². The quantitative estimate of drug-likeness (QED) is 0.347. The Kier molecular flexibility index (Phi) is 5.25. The van der Waals surface area contributed by atoms with Crippen molar-refractivity contribution in [2.75, 3.05) is 22.5 Å². The Bertz CT molecular complexity index is 1410. The van der Waals surface area contributed by atoms with Gasteiger partial charge in [-0.2, -0.15) is 28.5 Å². The molecule has 0 aliphatic carbocycles. The van der Waals surface area contributed by atoms with Crippen LogP contribution >= 0.6 is 11.6 Å². The molecule has 1 aliphatic heterocycles. The lowest BCUT2D eigenvalue weighted by Gasteiger charge is -2.31. The minimum absolute atomic E-state index is 0.0684. The SMILES string of the molecule is CCc1nn2c3c(cnc2c1N)N(C(O)Nc1cnc(-n2nccn2)c(Cl)c1)C[C@@]3(C)C(F)(F)F. The minimum atomic E-state index is -4.65. The zero-order chi connectivity index (χ0) is 25.1. The molecule has 11 nitrogen and oxygen atoms in total. The molecule has 0 bridgehead atoms. The molecule has 0 radical (unpaired) electrons. The van der Waals surface area contributed by atoms with E-state index in [4.69, 9.17) is 17.3 Å². The second-order valence-electron chi connectivity index (χ2n) is 8.27. The number of fused-ring (bicyclic) bond motifs is 3. The molecule has 0 spiro atoms. The summed E-state index contributed by atoms with van der Waals surface area (Å²) in [5, 5.41) is 26.0. The molecule has 2 atom stereocenters. The molecule has 5 rings (SSSR count). The Balaban J connectivity index is 1.53. The standard InChI is InChI=1S/C20H20ClF3N10O/c1-3-12-14(25)17-27-8-13-15(33(17)31-12)19(2,20(22,23)24)9-32(13)18(35)30-10-6-11(21)16(26-7-10)34-28-4-5-29-34/h4-8,18,30,35H,3,9,25H2,1-2H3/t18?,19-/m1/s1. The predicted octanol–water partition coefficient (Wildman–Crippen LogP) is 2.53. The summed E-state index contributed by atoms with van der Waals surface area (Å²) in [4.78, 5) is 10.8. The van der Waals surface area contributed by atoms with E-state index in [0.717, 1.165) is 16.3 Å². The smallest absolute Gasteiger partial charge is 0.394 e. The summed E-state index contributed by atoms with van der Waals surface area (Å²) >= 11 is 6.27. The number of rotatable bonds is 5. The highest BCUT2D eigenvalue weighted by molar-refractivity contribution is 6.32. The second-order valence-corrected chi connectivity index (χ2v) is 8.67. The highest BCUT2D eigenvalue weighted by Gasteiger charge is 2.60. The third-order valence-corrected chi connectivity index (χ3v) is 6.31. The second kappa shape index (κ2) is 7.95. The number of nitrogen functional groups attached to an aromatic ring is 1. The van der Waals surface area contributed by atoms with Gasteiger partial charge in [-0.25, -0.2) is 14.5 Å². The number of nitrogens with one attached hydrogen (secondary N) is 1. The van der Waals surface area contributed by atoms with E-state index in [9.17, 15) is 18.3 Å². The third-order valence-electron chi connectivity index (χ3n) is 6.04. The van der Waals surface area contributed by atoms with Crippen LogP contribution in [0.5, 0.6) is 0 Å². The Hall–Kier alpha value is -3.65. The molecule has 0 fully saturated rings. The molecule has 0 saturated heterocycles. The first-order chi connectivity index (χ1) is 16.5. The van der Waals surface area contributed by atoms with Crippen LogP contribution in [0.3, 0.4) is 0 Å². The van der Waals surface area contributed by atoms with Gasteiger partial charge in [-0.15, -0.1) is 4.80 Å². The molecule has 1 unspecified atom stereocenters. The number of nitrogens with zero attached hydrogens (tertiary/aromatic N) is 8. The molecule has 0 amide bonds. The average molecular weight is 509 g/mol. The topological polar surface area (TPSA) is 135 Å². The molecule has 184 valence electrons. The molecule has 1 aliphatic rings. The van der Waals surface area contributed by atoms with E-state index in [-0.39, 0.29) is 39.2 Å². The van der Waals surface area contributed by atoms with E-state index in [1.807, 2.05) is 0 Å². The average Bonchev–Trinajstić information content (AvgIpc) is 3.51. The van der Waals surface area contributed by atoms with Gasteiger partial charge in [-0.3, -0.25) is 0 Å². The molecule has 5 heterocycles. The van der Waals surface area contributed by atoms with Crippen molar-refractivity contribution >= 4 is 34.3 Å². The van der Waals surface area contributed by atoms with Crippen LogP contribution in [0.25, 0.3) is 11.5 Å². The summed E-state index contributed by atoms with van der Waals surface area (Å²) < 4.78 is 44.3. The van der Waals surface area contributed by atoms with Gasteiger partial charge in [0.15, 0.2) is 11.5 Å². The van der Waals surface area contributed by atoms with Gasteiger partial charge in [-0.1, -0.05) is 18.5 Å². The van der Waals surface area contributed by atoms with Crippen LogP contribution in [0.4, 0.5) is 30.2 Å². The number of aromatic nitrogens is 7. The lowest BCUT2D eigenvalue weighted by Crippen LogP contribution is -2.48. The Morgan fingerprint density at radius 3 is 2.60 bits per heavy atom. The van der Waals surface area contributed by atoms with E-state index in [0.29, 0.717) is 12.1 Å². The maximum absolute atomic E-state index is 14.4. The zero-order valence-electron chi connectivity index (χ0n) is 18.5. The molecular formula is C20H20ClF3N10O. The van der Waals surface area contributed by atoms with Gasteiger partial charge in [0.05, 0.1) is 52.6 Å². The van der Waals surface area contributed by atoms with Gasteiger partial charge in [0.1, 0.15) is 11.1 Å². The number of pyridine rings is 1. The first-order valence-electron chi connectivity index (χ1n) is 10.5. The van der Waals surface area contributed by atoms with Crippen molar-refractivity contribution in [2.45, 2.75) is 38.2 Å². The summed E-state index contributed by atoms with van der Waals surface area (Å²) in [6, 6.07) is 1.46. The van der Waals surface area contributed by atoms with Crippen LogP contribution in [-0.2, 0) is 11.8 Å². The number of aliphatic hydroxyl groups is 1. The monoisotopic (exact) mass is 508 g/mol. The van der Waals surface area contributed by atoms with E-state index in [1.54, 1.807) is 6.92 Å². The Labute approximate surface area is 201 Å². The van der Waals surface area contributed by atoms with Crippen LogP contribution < -0.4 is 16.0 Å². The van der Waals surface area contributed by atoms with Crippen molar-refractivity contribution in [3.63, 3.8) is 0 Å². The summed E-state index contributed by atoms with van der Waals surface area (Å²) in [6.07, 6.45) is -0.254. The van der Waals surface area contributed by atoms with Gasteiger partial charge in [0.25, 0.3) is 0 Å². The summed E-state index contributed by atoms with van der Waals surface area (Å²) in [7, 11) is 0. The molecule has 4 N–H and O–H groups in total. The number of hydrogen-bond acceptors (Lipinski definition) is 9. The summed E-state index contributed by atoms with van der Waals surface area (Å²) in [5.74, 6) is 0.252. The first kappa shape index (κ1) is 23.1. The van der Waals surface area contributed by atoms with Gasteiger partial charge in [0.2, 0.25) is 6.35 Å². The van der Waals surface area contributed by atoms with Crippen LogP contribution in [0.15, 0.2) is 30.9 Å². The van der Waals surface area contributed by atoms with Crippen molar-refractivity contribution in [3.8, 4) is 5.82 Å². The molecule has 35 heavy (non-hydrogen) atoms. The lowest BCUT2D eigenvalue weighted by molar-refractivity contribution is -0.182. The Morgan fingerprint density at radius 2 is 1.97 bits per heavy atom. The van der Waals surface area contributed by atoms with Gasteiger partial charge >= 0.3 is 6.18 Å². The van der Waals surface area contributed by atoms with Crippen molar-refractivity contribution in [1.29, 1.82) is 0 Å². The van der Waals surface area contributed by atoms with Crippen LogP contribution in [0.2, 0.25) is 5.02 Å². The maximum Gasteiger partial charge on any atom is 0.401 e. The molecule has 0 saturated carbocycles. The third kappa shape index (κ3) is 3.51. The maximum atomic E-state index is 14.4. The van der Waals surface area contributed by atoms with E-state index < -0.39 is 24.5 Å². The molecule has 0 aromatic carbocycles. The fraction of sp³-hybridized carbons (Fsp3) is 0.350. The Morgan fingerprint density at radius 1 is 1.26 bits per heavy atom. The number of aryl methyl sites for hydroxylation is 1. The number of alkyl halides is 3.